The van der Waals surface area contributed by atoms with E-state index in [4.69, 9.17) is 15.6 Å². The number of hydrogen-bond acceptors (Lipinski definition) is 4. The molecule has 0 bridgehead atoms. The van der Waals surface area contributed by atoms with Crippen molar-refractivity contribution in [2.24, 2.45) is 5.73 Å². The van der Waals surface area contributed by atoms with Crippen molar-refractivity contribution in [1.82, 2.24) is 0 Å². The van der Waals surface area contributed by atoms with Gasteiger partial charge in [0.05, 0.1) is 13.2 Å². The molecule has 1 aromatic rings. The van der Waals surface area contributed by atoms with E-state index in [0.717, 1.165) is 0 Å². The van der Waals surface area contributed by atoms with Crippen LogP contribution >= 0.6 is 0 Å². The Hall–Kier alpha value is -1.26. The molecule has 0 saturated carbocycles. The highest BCUT2D eigenvalue weighted by Crippen LogP contribution is 2.28. The van der Waals surface area contributed by atoms with Crippen LogP contribution in [0.4, 0.5) is 0 Å². The zero-order valence-corrected chi connectivity index (χ0v) is 7.40. The normalized spacial score (nSPS) is 12.5. The van der Waals surface area contributed by atoms with Crippen molar-refractivity contribution >= 4 is 0 Å². The largest absolute Gasteiger partial charge is 0.508 e. The molecule has 1 rings (SSSR count). The number of methoxy groups -OCH3 is 1. The maximum absolute atomic E-state index is 9.45. The molecule has 0 unspecified atom stereocenters. The summed E-state index contributed by atoms with van der Waals surface area (Å²) in [5, 5.41) is 18.6. The van der Waals surface area contributed by atoms with Crippen molar-refractivity contribution in [1.29, 1.82) is 0 Å². The lowest BCUT2D eigenvalue weighted by atomic mass is 10.1. The summed E-state index contributed by atoms with van der Waals surface area (Å²) < 4.78 is 4.97. The van der Waals surface area contributed by atoms with E-state index in [9.17, 15) is 5.11 Å². The lowest BCUT2D eigenvalue weighted by Crippen LogP contribution is -2.12. The third kappa shape index (κ3) is 2.11. The molecule has 0 spiro atoms. The van der Waals surface area contributed by atoms with Gasteiger partial charge in [0.2, 0.25) is 0 Å². The zero-order valence-electron chi connectivity index (χ0n) is 7.40. The molecule has 0 amide bonds. The second kappa shape index (κ2) is 4.11. The Labute approximate surface area is 76.6 Å². The number of aromatic hydroxyl groups is 1. The second-order valence-corrected chi connectivity index (χ2v) is 2.68. The monoisotopic (exact) mass is 183 g/mol. The number of benzene rings is 1. The van der Waals surface area contributed by atoms with E-state index in [0.29, 0.717) is 11.3 Å². The van der Waals surface area contributed by atoms with Gasteiger partial charge in [-0.25, -0.2) is 0 Å². The molecule has 4 N–H and O–H groups in total. The molecule has 4 nitrogen and oxygen atoms in total. The van der Waals surface area contributed by atoms with Crippen molar-refractivity contribution in [3.8, 4) is 11.5 Å². The first-order valence-corrected chi connectivity index (χ1v) is 3.94. The Morgan fingerprint density at radius 3 is 2.77 bits per heavy atom. The predicted octanol–water partition coefficient (Wildman–Crippen LogP) is 0.393. The van der Waals surface area contributed by atoms with E-state index < -0.39 is 6.10 Å². The number of aliphatic hydroxyl groups excluding tert-OH is 1. The summed E-state index contributed by atoms with van der Waals surface area (Å²) >= 11 is 0. The molecule has 1 aromatic carbocycles. The molecule has 1 atom stereocenters. The minimum absolute atomic E-state index is 0.102. The van der Waals surface area contributed by atoms with Crippen molar-refractivity contribution in [3.05, 3.63) is 23.8 Å². The topological polar surface area (TPSA) is 75.7 Å². The molecule has 0 aliphatic heterocycles. The fourth-order valence-corrected chi connectivity index (χ4v) is 1.10. The molecule has 0 aromatic heterocycles. The molecule has 0 fully saturated rings. The summed E-state index contributed by atoms with van der Waals surface area (Å²) in [6, 6.07) is 4.51. The predicted molar refractivity (Wildman–Crippen MR) is 48.7 cm³/mol. The van der Waals surface area contributed by atoms with Gasteiger partial charge in [-0.3, -0.25) is 0 Å². The first kappa shape index (κ1) is 9.83. The van der Waals surface area contributed by atoms with Crippen LogP contribution in [-0.2, 0) is 0 Å². The van der Waals surface area contributed by atoms with Gasteiger partial charge in [-0.1, -0.05) is 0 Å². The summed E-state index contributed by atoms with van der Waals surface area (Å²) in [4.78, 5) is 0. The molecule has 13 heavy (non-hydrogen) atoms. The molecular formula is C9H13NO3. The average molecular weight is 183 g/mol. The number of phenols is 1. The van der Waals surface area contributed by atoms with Crippen molar-refractivity contribution in [2.75, 3.05) is 13.7 Å². The molecule has 4 heteroatoms. The van der Waals surface area contributed by atoms with Crippen LogP contribution in [-0.4, -0.2) is 23.9 Å². The first-order valence-electron chi connectivity index (χ1n) is 3.94. The van der Waals surface area contributed by atoms with Gasteiger partial charge >= 0.3 is 0 Å². The Morgan fingerprint density at radius 1 is 1.54 bits per heavy atom. The molecule has 72 valence electrons. The number of rotatable bonds is 3. The Bertz CT molecular complexity index is 288. The molecule has 0 radical (unpaired) electrons. The third-order valence-electron chi connectivity index (χ3n) is 1.80. The van der Waals surface area contributed by atoms with Gasteiger partial charge in [0.1, 0.15) is 11.5 Å². The molecular weight excluding hydrogens is 170 g/mol. The summed E-state index contributed by atoms with van der Waals surface area (Å²) in [5.41, 5.74) is 5.88. The number of ether oxygens (including phenoxy) is 1. The van der Waals surface area contributed by atoms with Gasteiger partial charge < -0.3 is 20.7 Å². The highest BCUT2D eigenvalue weighted by atomic mass is 16.5. The Kier molecular flexibility index (Phi) is 3.11. The van der Waals surface area contributed by atoms with Crippen LogP contribution in [0.15, 0.2) is 18.2 Å². The highest BCUT2D eigenvalue weighted by molar-refractivity contribution is 5.41. The molecule has 0 heterocycles. The standard InChI is InChI=1S/C9H13NO3/c1-13-9-4-6(11)2-3-7(9)8(12)5-10/h2-4,8,11-12H,5,10H2,1H3/t8-/m0/s1. The van der Waals surface area contributed by atoms with Gasteiger partial charge in [0.25, 0.3) is 0 Å². The maximum Gasteiger partial charge on any atom is 0.128 e. The van der Waals surface area contributed by atoms with Crippen LogP contribution in [0.5, 0.6) is 11.5 Å². The van der Waals surface area contributed by atoms with Gasteiger partial charge in [0.15, 0.2) is 0 Å². The van der Waals surface area contributed by atoms with Crippen LogP contribution < -0.4 is 10.5 Å². The molecule has 0 aliphatic rings. The number of hydrogen-bond donors (Lipinski definition) is 3. The van der Waals surface area contributed by atoms with Gasteiger partial charge in [-0.15, -0.1) is 0 Å². The van der Waals surface area contributed by atoms with E-state index in [1.807, 2.05) is 0 Å². The SMILES string of the molecule is COc1cc(O)ccc1[C@@H](O)CN. The quantitative estimate of drug-likeness (QED) is 0.633. The second-order valence-electron chi connectivity index (χ2n) is 2.68. The number of phenolic OH excluding ortho intramolecular Hbond substituents is 1. The van der Waals surface area contributed by atoms with E-state index in [1.165, 1.54) is 19.2 Å². The summed E-state index contributed by atoms with van der Waals surface area (Å²) in [6.45, 7) is 0.126. The van der Waals surface area contributed by atoms with Crippen LogP contribution in [0, 0.1) is 0 Å². The first-order chi connectivity index (χ1) is 6.19. The van der Waals surface area contributed by atoms with Crippen LogP contribution in [0.1, 0.15) is 11.7 Å². The fourth-order valence-electron chi connectivity index (χ4n) is 1.10. The molecule has 0 saturated heterocycles. The van der Waals surface area contributed by atoms with E-state index in [2.05, 4.69) is 0 Å². The third-order valence-corrected chi connectivity index (χ3v) is 1.80. The van der Waals surface area contributed by atoms with Crippen LogP contribution in [0.25, 0.3) is 0 Å². The van der Waals surface area contributed by atoms with Crippen molar-refractivity contribution in [2.45, 2.75) is 6.10 Å². The lowest BCUT2D eigenvalue weighted by Gasteiger charge is -2.12. The van der Waals surface area contributed by atoms with E-state index >= 15 is 0 Å². The van der Waals surface area contributed by atoms with Crippen LogP contribution in [0.2, 0.25) is 0 Å². The van der Waals surface area contributed by atoms with Crippen LogP contribution in [0.3, 0.4) is 0 Å². The summed E-state index contributed by atoms with van der Waals surface area (Å²) in [6.07, 6.45) is -0.754. The number of nitrogens with two attached hydrogens (primary N) is 1. The average Bonchev–Trinajstić information content (AvgIpc) is 2.16. The Balaban J connectivity index is 3.05. The van der Waals surface area contributed by atoms with E-state index in [-0.39, 0.29) is 12.3 Å². The lowest BCUT2D eigenvalue weighted by molar-refractivity contribution is 0.182. The van der Waals surface area contributed by atoms with Crippen molar-refractivity contribution in [3.63, 3.8) is 0 Å². The minimum Gasteiger partial charge on any atom is -0.508 e. The minimum atomic E-state index is -0.754. The fraction of sp³-hybridized carbons (Fsp3) is 0.333. The van der Waals surface area contributed by atoms with Gasteiger partial charge in [-0.05, 0) is 12.1 Å². The summed E-state index contributed by atoms with van der Waals surface area (Å²) in [5.74, 6) is 0.544. The smallest absolute Gasteiger partial charge is 0.128 e. The number of aliphatic hydroxyl groups is 1. The Morgan fingerprint density at radius 2 is 2.23 bits per heavy atom. The molecule has 0 aliphatic carbocycles. The zero-order chi connectivity index (χ0) is 9.84. The van der Waals surface area contributed by atoms with Gasteiger partial charge in [-0.2, -0.15) is 0 Å². The highest BCUT2D eigenvalue weighted by Gasteiger charge is 2.11. The van der Waals surface area contributed by atoms with Gasteiger partial charge in [0, 0.05) is 18.2 Å². The summed E-state index contributed by atoms with van der Waals surface area (Å²) in [7, 11) is 1.47. The van der Waals surface area contributed by atoms with Crippen molar-refractivity contribution < 1.29 is 14.9 Å². The van der Waals surface area contributed by atoms with E-state index in [1.54, 1.807) is 6.07 Å². The maximum atomic E-state index is 9.45.